The zero-order valence-electron chi connectivity index (χ0n) is 15.4. The van der Waals surface area contributed by atoms with Gasteiger partial charge in [-0.1, -0.05) is 30.3 Å². The third-order valence-electron chi connectivity index (χ3n) is 4.58. The van der Waals surface area contributed by atoms with E-state index in [1.54, 1.807) is 6.20 Å². The number of nitrogens with one attached hydrogen (secondary N) is 1. The van der Waals surface area contributed by atoms with Gasteiger partial charge in [-0.05, 0) is 36.1 Å². The predicted octanol–water partition coefficient (Wildman–Crippen LogP) is 2.55. The van der Waals surface area contributed by atoms with E-state index in [9.17, 15) is 4.79 Å². The number of rotatable bonds is 7. The van der Waals surface area contributed by atoms with Gasteiger partial charge in [-0.2, -0.15) is 0 Å². The van der Waals surface area contributed by atoms with Crippen LogP contribution in [-0.4, -0.2) is 41.6 Å². The fraction of sp³-hybridized carbons (Fsp3) is 0.429. The van der Waals surface area contributed by atoms with E-state index in [-0.39, 0.29) is 5.91 Å². The number of hydrogen-bond acceptors (Lipinski definition) is 4. The normalized spacial score (nSPS) is 17.8. The van der Waals surface area contributed by atoms with E-state index in [1.165, 1.54) is 5.56 Å². The summed E-state index contributed by atoms with van der Waals surface area (Å²) in [5.41, 5.74) is 3.50. The van der Waals surface area contributed by atoms with Gasteiger partial charge >= 0.3 is 0 Å². The lowest BCUT2D eigenvalue weighted by Gasteiger charge is -2.31. The van der Waals surface area contributed by atoms with Gasteiger partial charge in [0.2, 0.25) is 5.91 Å². The minimum absolute atomic E-state index is 0.0706. The highest BCUT2D eigenvalue weighted by atomic mass is 16.5. The number of amides is 1. The molecule has 1 aliphatic rings. The van der Waals surface area contributed by atoms with Crippen molar-refractivity contribution in [3.05, 3.63) is 65.5 Å². The molecule has 5 nitrogen and oxygen atoms in total. The van der Waals surface area contributed by atoms with Crippen molar-refractivity contribution >= 4 is 5.91 Å². The van der Waals surface area contributed by atoms with Crippen molar-refractivity contribution in [2.24, 2.45) is 0 Å². The first-order chi connectivity index (χ1) is 12.7. The molecule has 0 spiro atoms. The number of carbonyl (C=O) groups excluding carboxylic acids is 1. The Labute approximate surface area is 155 Å². The molecule has 26 heavy (non-hydrogen) atoms. The molecule has 0 aliphatic carbocycles. The van der Waals surface area contributed by atoms with Gasteiger partial charge in [0.25, 0.3) is 0 Å². The molecule has 1 aromatic carbocycles. The number of benzene rings is 1. The molecule has 1 aromatic heterocycles. The number of aromatic nitrogens is 1. The van der Waals surface area contributed by atoms with Crippen molar-refractivity contribution in [1.82, 2.24) is 15.2 Å². The second-order valence-corrected chi connectivity index (χ2v) is 6.87. The number of aryl methyl sites for hydroxylation is 1. The highest BCUT2D eigenvalue weighted by Crippen LogP contribution is 2.12. The van der Waals surface area contributed by atoms with Crippen LogP contribution in [0.5, 0.6) is 0 Å². The minimum Gasteiger partial charge on any atom is -0.376 e. The zero-order chi connectivity index (χ0) is 18.2. The molecule has 1 amide bonds. The van der Waals surface area contributed by atoms with Crippen molar-refractivity contribution in [2.45, 2.75) is 39.0 Å². The highest BCUT2D eigenvalue weighted by Gasteiger charge is 2.16. The average molecular weight is 353 g/mol. The van der Waals surface area contributed by atoms with E-state index in [0.717, 1.165) is 43.8 Å². The maximum Gasteiger partial charge on any atom is 0.220 e. The number of ether oxygens (including phenoxy) is 1. The Morgan fingerprint density at radius 2 is 2.12 bits per heavy atom. The summed E-state index contributed by atoms with van der Waals surface area (Å²) in [6.45, 7) is 6.35. The van der Waals surface area contributed by atoms with Gasteiger partial charge in [-0.25, -0.2) is 0 Å². The van der Waals surface area contributed by atoms with Crippen LogP contribution in [-0.2, 0) is 29.0 Å². The molecule has 1 aliphatic heterocycles. The van der Waals surface area contributed by atoms with Crippen molar-refractivity contribution in [2.75, 3.05) is 19.7 Å². The Morgan fingerprint density at radius 3 is 2.92 bits per heavy atom. The lowest BCUT2D eigenvalue weighted by Crippen LogP contribution is -2.40. The molecular formula is C21H27N3O2. The molecule has 1 N–H and O–H groups in total. The second kappa shape index (κ2) is 9.46. The van der Waals surface area contributed by atoms with E-state index in [4.69, 9.17) is 4.74 Å². The van der Waals surface area contributed by atoms with E-state index in [0.29, 0.717) is 19.1 Å². The third kappa shape index (κ3) is 5.93. The molecule has 2 heterocycles. The largest absolute Gasteiger partial charge is 0.376 e. The molecule has 1 fully saturated rings. The maximum atomic E-state index is 12.1. The third-order valence-corrected chi connectivity index (χ3v) is 4.58. The van der Waals surface area contributed by atoms with E-state index < -0.39 is 0 Å². The van der Waals surface area contributed by atoms with Crippen LogP contribution in [0.3, 0.4) is 0 Å². The molecular weight excluding hydrogens is 326 g/mol. The number of hydrogen-bond donors (Lipinski definition) is 1. The lowest BCUT2D eigenvalue weighted by molar-refractivity contribution is -0.121. The molecule has 0 bridgehead atoms. The van der Waals surface area contributed by atoms with E-state index in [1.807, 2.05) is 18.3 Å². The summed E-state index contributed by atoms with van der Waals surface area (Å²) < 4.78 is 5.60. The summed E-state index contributed by atoms with van der Waals surface area (Å²) in [7, 11) is 0. The van der Waals surface area contributed by atoms with Gasteiger partial charge < -0.3 is 10.1 Å². The van der Waals surface area contributed by atoms with Crippen LogP contribution in [0, 0.1) is 0 Å². The second-order valence-electron chi connectivity index (χ2n) is 6.87. The maximum absolute atomic E-state index is 12.1. The summed E-state index contributed by atoms with van der Waals surface area (Å²) in [5.74, 6) is 0.0706. The van der Waals surface area contributed by atoms with Gasteiger partial charge in [0.15, 0.2) is 0 Å². The molecule has 1 unspecified atom stereocenters. The average Bonchev–Trinajstić information content (AvgIpc) is 2.66. The quantitative estimate of drug-likeness (QED) is 0.831. The molecule has 0 saturated carbocycles. The molecule has 1 atom stereocenters. The van der Waals surface area contributed by atoms with Crippen LogP contribution < -0.4 is 5.32 Å². The van der Waals surface area contributed by atoms with Crippen LogP contribution in [0.1, 0.15) is 30.0 Å². The standard InChI is InChI=1S/C21H27N3O2/c1-17-15-24(10-11-26-17)16-20-5-2-4-19(12-20)14-23-21(25)8-7-18-6-3-9-22-13-18/h2-6,9,12-13,17H,7-8,10-11,14-16H2,1H3,(H,23,25). The highest BCUT2D eigenvalue weighted by molar-refractivity contribution is 5.76. The summed E-state index contributed by atoms with van der Waals surface area (Å²) in [6.07, 6.45) is 5.05. The van der Waals surface area contributed by atoms with Crippen LogP contribution in [0.25, 0.3) is 0 Å². The fourth-order valence-electron chi connectivity index (χ4n) is 3.22. The fourth-order valence-corrected chi connectivity index (χ4v) is 3.22. The molecule has 138 valence electrons. The van der Waals surface area contributed by atoms with Crippen LogP contribution in [0.2, 0.25) is 0 Å². The molecule has 2 aromatic rings. The minimum atomic E-state index is 0.0706. The molecule has 3 rings (SSSR count). The zero-order valence-corrected chi connectivity index (χ0v) is 15.4. The Balaban J connectivity index is 1.45. The lowest BCUT2D eigenvalue weighted by atomic mass is 10.1. The Hall–Kier alpha value is -2.24. The number of pyridine rings is 1. The van der Waals surface area contributed by atoms with Gasteiger partial charge in [0, 0.05) is 45.0 Å². The van der Waals surface area contributed by atoms with Crippen LogP contribution >= 0.6 is 0 Å². The van der Waals surface area contributed by atoms with Crippen LogP contribution in [0.15, 0.2) is 48.8 Å². The molecule has 1 saturated heterocycles. The number of carbonyl (C=O) groups is 1. The van der Waals surface area contributed by atoms with Gasteiger partial charge in [-0.15, -0.1) is 0 Å². The Kier molecular flexibility index (Phi) is 6.75. The summed E-state index contributed by atoms with van der Waals surface area (Å²) in [6, 6.07) is 12.3. The van der Waals surface area contributed by atoms with Crippen molar-refractivity contribution in [1.29, 1.82) is 0 Å². The van der Waals surface area contributed by atoms with Gasteiger partial charge in [0.1, 0.15) is 0 Å². The topological polar surface area (TPSA) is 54.5 Å². The first-order valence-electron chi connectivity index (χ1n) is 9.26. The predicted molar refractivity (Wildman–Crippen MR) is 102 cm³/mol. The first kappa shape index (κ1) is 18.5. The Morgan fingerprint density at radius 1 is 1.27 bits per heavy atom. The Bertz CT molecular complexity index is 705. The van der Waals surface area contributed by atoms with Crippen LogP contribution in [0.4, 0.5) is 0 Å². The van der Waals surface area contributed by atoms with Gasteiger partial charge in [0.05, 0.1) is 12.7 Å². The van der Waals surface area contributed by atoms with Gasteiger partial charge in [-0.3, -0.25) is 14.7 Å². The molecule has 5 heteroatoms. The molecule has 0 radical (unpaired) electrons. The van der Waals surface area contributed by atoms with E-state index >= 15 is 0 Å². The summed E-state index contributed by atoms with van der Waals surface area (Å²) in [5, 5.41) is 3.01. The SMILES string of the molecule is CC1CN(Cc2cccc(CNC(=O)CCc3cccnc3)c2)CCO1. The summed E-state index contributed by atoms with van der Waals surface area (Å²) in [4.78, 5) is 18.6. The van der Waals surface area contributed by atoms with Crippen molar-refractivity contribution in [3.63, 3.8) is 0 Å². The monoisotopic (exact) mass is 353 g/mol. The van der Waals surface area contributed by atoms with Crippen molar-refractivity contribution < 1.29 is 9.53 Å². The summed E-state index contributed by atoms with van der Waals surface area (Å²) >= 11 is 0. The smallest absolute Gasteiger partial charge is 0.220 e. The van der Waals surface area contributed by atoms with Crippen molar-refractivity contribution in [3.8, 4) is 0 Å². The van der Waals surface area contributed by atoms with E-state index in [2.05, 4.69) is 46.4 Å². The first-order valence-corrected chi connectivity index (χ1v) is 9.26. The number of nitrogens with zero attached hydrogens (tertiary/aromatic N) is 2. The number of morpholine rings is 1.